The number of halogens is 2. The van der Waals surface area contributed by atoms with Gasteiger partial charge >= 0.3 is 0 Å². The van der Waals surface area contributed by atoms with Crippen molar-refractivity contribution >= 4 is 59.0 Å². The summed E-state index contributed by atoms with van der Waals surface area (Å²) in [4.78, 5) is 0. The normalized spacial score (nSPS) is 12.2. The van der Waals surface area contributed by atoms with E-state index in [4.69, 9.17) is 11.6 Å². The monoisotopic (exact) mass is 471 g/mol. The standard InChI is InChI=1S/C19H19BrClNO2S2/c1-14-18-16(21)8-5-9-17(18)25-19(14)26(23,24)22(13-11-20)12-10-15-6-3-2-4-7-15/h2-9H,10-13H2,1H3. The highest BCUT2D eigenvalue weighted by atomic mass is 79.9. The smallest absolute Gasteiger partial charge is 0.206 e. The molecule has 0 aliphatic carbocycles. The van der Waals surface area contributed by atoms with Crippen LogP contribution in [0.4, 0.5) is 0 Å². The third-order valence-corrected chi connectivity index (χ3v) is 8.68. The molecule has 0 aliphatic rings. The Bertz CT molecular complexity index is 1000. The van der Waals surface area contributed by atoms with E-state index < -0.39 is 10.0 Å². The maximum Gasteiger partial charge on any atom is 0.252 e. The maximum atomic E-state index is 13.3. The molecule has 7 heteroatoms. The average Bonchev–Trinajstić information content (AvgIpc) is 2.98. The van der Waals surface area contributed by atoms with E-state index in [0.29, 0.717) is 34.1 Å². The second-order valence-electron chi connectivity index (χ2n) is 5.96. The van der Waals surface area contributed by atoms with E-state index in [1.54, 1.807) is 10.4 Å². The maximum absolute atomic E-state index is 13.3. The quantitative estimate of drug-likeness (QED) is 0.426. The minimum Gasteiger partial charge on any atom is -0.206 e. The second-order valence-corrected chi connectivity index (χ2v) is 10.3. The largest absolute Gasteiger partial charge is 0.252 e. The summed E-state index contributed by atoms with van der Waals surface area (Å²) in [6.07, 6.45) is 0.678. The van der Waals surface area contributed by atoms with Gasteiger partial charge < -0.3 is 0 Å². The molecule has 1 heterocycles. The number of rotatable bonds is 7. The first-order valence-corrected chi connectivity index (χ1v) is 12.0. The molecular formula is C19H19BrClNO2S2. The fraction of sp³-hybridized carbons (Fsp3) is 0.263. The van der Waals surface area contributed by atoms with Crippen LogP contribution in [0.5, 0.6) is 0 Å². The molecule has 3 rings (SSSR count). The topological polar surface area (TPSA) is 37.4 Å². The lowest BCUT2D eigenvalue weighted by Gasteiger charge is -2.21. The number of thiophene rings is 1. The van der Waals surface area contributed by atoms with Gasteiger partial charge in [0.1, 0.15) is 4.21 Å². The first kappa shape index (κ1) is 19.8. The summed E-state index contributed by atoms with van der Waals surface area (Å²) >= 11 is 11.0. The van der Waals surface area contributed by atoms with Crippen LogP contribution in [-0.2, 0) is 16.4 Å². The van der Waals surface area contributed by atoms with Crippen molar-refractivity contribution in [1.29, 1.82) is 0 Å². The van der Waals surface area contributed by atoms with Crippen molar-refractivity contribution in [3.05, 3.63) is 64.7 Å². The van der Waals surface area contributed by atoms with Crippen molar-refractivity contribution in [1.82, 2.24) is 4.31 Å². The van der Waals surface area contributed by atoms with Crippen molar-refractivity contribution in [3.63, 3.8) is 0 Å². The Morgan fingerprint density at radius 1 is 1.08 bits per heavy atom. The molecule has 138 valence electrons. The highest BCUT2D eigenvalue weighted by Gasteiger charge is 2.29. The van der Waals surface area contributed by atoms with Crippen molar-refractivity contribution < 1.29 is 8.42 Å². The number of benzene rings is 2. The fourth-order valence-corrected chi connectivity index (χ4v) is 7.34. The minimum atomic E-state index is -3.58. The van der Waals surface area contributed by atoms with Crippen molar-refractivity contribution in [2.24, 2.45) is 0 Å². The van der Waals surface area contributed by atoms with Gasteiger partial charge in [0, 0.05) is 33.5 Å². The van der Waals surface area contributed by atoms with Gasteiger partial charge in [-0.1, -0.05) is 63.9 Å². The second kappa shape index (κ2) is 8.40. The Kier molecular flexibility index (Phi) is 6.41. The van der Waals surface area contributed by atoms with Crippen LogP contribution >= 0.6 is 38.9 Å². The van der Waals surface area contributed by atoms with Crippen LogP contribution in [-0.4, -0.2) is 31.1 Å². The molecule has 0 unspecified atom stereocenters. The summed E-state index contributed by atoms with van der Waals surface area (Å²) in [7, 11) is -3.58. The van der Waals surface area contributed by atoms with Crippen molar-refractivity contribution in [3.8, 4) is 0 Å². The van der Waals surface area contributed by atoms with Gasteiger partial charge in [-0.05, 0) is 36.6 Å². The Labute approximate surface area is 171 Å². The number of fused-ring (bicyclic) bond motifs is 1. The first-order valence-electron chi connectivity index (χ1n) is 8.23. The molecule has 0 saturated heterocycles. The Morgan fingerprint density at radius 2 is 1.81 bits per heavy atom. The molecule has 2 aromatic carbocycles. The van der Waals surface area contributed by atoms with E-state index >= 15 is 0 Å². The Balaban J connectivity index is 1.95. The number of aryl methyl sites for hydroxylation is 1. The zero-order valence-electron chi connectivity index (χ0n) is 14.3. The molecule has 0 fully saturated rings. The van der Waals surface area contributed by atoms with Gasteiger partial charge in [-0.3, -0.25) is 0 Å². The van der Waals surface area contributed by atoms with E-state index in [2.05, 4.69) is 15.9 Å². The SMILES string of the molecule is Cc1c(S(=O)(=O)N(CCBr)CCc2ccccc2)sc2cccc(Cl)c12. The lowest BCUT2D eigenvalue weighted by atomic mass is 10.1. The summed E-state index contributed by atoms with van der Waals surface area (Å²) in [5.41, 5.74) is 1.85. The molecule has 0 amide bonds. The third kappa shape index (κ3) is 3.99. The molecular weight excluding hydrogens is 454 g/mol. The molecule has 26 heavy (non-hydrogen) atoms. The van der Waals surface area contributed by atoms with Crippen molar-refractivity contribution in [2.75, 3.05) is 18.4 Å². The Morgan fingerprint density at radius 3 is 2.46 bits per heavy atom. The summed E-state index contributed by atoms with van der Waals surface area (Å²) in [5, 5.41) is 2.01. The zero-order chi connectivity index (χ0) is 18.7. The number of hydrogen-bond acceptors (Lipinski definition) is 3. The third-order valence-electron chi connectivity index (χ3n) is 4.26. The van der Waals surface area contributed by atoms with Crippen LogP contribution in [0, 0.1) is 6.92 Å². The predicted octanol–water partition coefficient (Wildman–Crippen LogP) is 5.49. The molecule has 0 saturated carbocycles. The predicted molar refractivity (Wildman–Crippen MR) is 114 cm³/mol. The fourth-order valence-electron chi connectivity index (χ4n) is 2.94. The summed E-state index contributed by atoms with van der Waals surface area (Å²) < 4.78 is 29.5. The lowest BCUT2D eigenvalue weighted by Crippen LogP contribution is -2.34. The summed E-state index contributed by atoms with van der Waals surface area (Å²) in [6, 6.07) is 15.5. The Hall–Kier alpha value is -0.920. The minimum absolute atomic E-state index is 0.384. The molecule has 0 N–H and O–H groups in total. The number of alkyl halides is 1. The molecule has 1 aromatic heterocycles. The number of hydrogen-bond donors (Lipinski definition) is 0. The van der Waals surface area contributed by atoms with E-state index in [1.807, 2.05) is 49.4 Å². The zero-order valence-corrected chi connectivity index (χ0v) is 18.3. The highest BCUT2D eigenvalue weighted by Crippen LogP contribution is 2.39. The van der Waals surface area contributed by atoms with Crippen molar-refractivity contribution in [2.45, 2.75) is 17.6 Å². The highest BCUT2D eigenvalue weighted by molar-refractivity contribution is 9.09. The summed E-state index contributed by atoms with van der Waals surface area (Å²) in [6.45, 7) is 2.71. The first-order chi connectivity index (χ1) is 12.4. The van der Waals surface area contributed by atoms with Gasteiger partial charge in [0.2, 0.25) is 0 Å². The van der Waals surface area contributed by atoms with E-state index in [-0.39, 0.29) is 0 Å². The van der Waals surface area contributed by atoms with Gasteiger partial charge in [-0.2, -0.15) is 4.31 Å². The molecule has 0 aliphatic heterocycles. The van der Waals surface area contributed by atoms with Crippen LogP contribution in [0.1, 0.15) is 11.1 Å². The number of sulfonamides is 1. The van der Waals surface area contributed by atoms with Gasteiger partial charge in [0.25, 0.3) is 10.0 Å². The lowest BCUT2D eigenvalue weighted by molar-refractivity contribution is 0.435. The van der Waals surface area contributed by atoms with Crippen LogP contribution in [0.15, 0.2) is 52.7 Å². The molecule has 3 aromatic rings. The van der Waals surface area contributed by atoms with E-state index in [9.17, 15) is 8.42 Å². The summed E-state index contributed by atoms with van der Waals surface area (Å²) in [5.74, 6) is 0. The van der Waals surface area contributed by atoms with Crippen LogP contribution in [0.25, 0.3) is 10.1 Å². The number of nitrogens with zero attached hydrogens (tertiary/aromatic N) is 1. The molecule has 3 nitrogen and oxygen atoms in total. The van der Waals surface area contributed by atoms with Gasteiger partial charge in [0.05, 0.1) is 0 Å². The molecule has 0 bridgehead atoms. The van der Waals surface area contributed by atoms with Crippen LogP contribution in [0.3, 0.4) is 0 Å². The average molecular weight is 473 g/mol. The molecule has 0 atom stereocenters. The van der Waals surface area contributed by atoms with E-state index in [0.717, 1.165) is 21.2 Å². The van der Waals surface area contributed by atoms with Crippen LogP contribution in [0.2, 0.25) is 5.02 Å². The van der Waals surface area contributed by atoms with Gasteiger partial charge in [-0.15, -0.1) is 11.3 Å². The van der Waals surface area contributed by atoms with E-state index in [1.165, 1.54) is 11.3 Å². The molecule has 0 spiro atoms. The molecule has 0 radical (unpaired) electrons. The van der Waals surface area contributed by atoms with Crippen LogP contribution < -0.4 is 0 Å². The van der Waals surface area contributed by atoms with Gasteiger partial charge in [0.15, 0.2) is 0 Å². The van der Waals surface area contributed by atoms with Gasteiger partial charge in [-0.25, -0.2) is 8.42 Å².